The fourth-order valence-corrected chi connectivity index (χ4v) is 1.80. The Balaban J connectivity index is 2.24. The van der Waals surface area contributed by atoms with E-state index in [1.807, 2.05) is 20.8 Å². The third kappa shape index (κ3) is 2.04. The first kappa shape index (κ1) is 13.1. The van der Waals surface area contributed by atoms with Gasteiger partial charge in [-0.25, -0.2) is 4.79 Å². The van der Waals surface area contributed by atoms with Crippen LogP contribution in [0.2, 0.25) is 0 Å². The summed E-state index contributed by atoms with van der Waals surface area (Å²) in [6.07, 6.45) is 0.913. The van der Waals surface area contributed by atoms with E-state index in [0.29, 0.717) is 5.76 Å². The number of ether oxygens (including phenoxy) is 2. The van der Waals surface area contributed by atoms with Crippen LogP contribution < -0.4 is 5.73 Å². The Morgan fingerprint density at radius 2 is 2.11 bits per heavy atom. The number of hydrogen-bond donors (Lipinski definition) is 1. The summed E-state index contributed by atoms with van der Waals surface area (Å²) in [5, 5.41) is 0. The zero-order valence-corrected chi connectivity index (χ0v) is 11.1. The monoisotopic (exact) mass is 253 g/mol. The van der Waals surface area contributed by atoms with E-state index in [-0.39, 0.29) is 5.41 Å². The molecule has 1 aromatic heterocycles. The minimum absolute atomic E-state index is 0.295. The van der Waals surface area contributed by atoms with Gasteiger partial charge >= 0.3 is 5.97 Å². The van der Waals surface area contributed by atoms with Crippen LogP contribution in [0.25, 0.3) is 0 Å². The predicted octanol–water partition coefficient (Wildman–Crippen LogP) is 1.98. The largest absolute Gasteiger partial charge is 0.468 e. The standard InChI is InChI=1S/C13H19NO4/c1-12(2,3)11-17-10(15)13(4,18-11)9(14)8-6-5-7-16-8/h5-7,9,11H,14H2,1-4H3/t9-,11-,13+/m1/s1. The molecule has 1 aliphatic heterocycles. The number of carbonyl (C=O) groups is 1. The molecule has 2 rings (SSSR count). The van der Waals surface area contributed by atoms with Gasteiger partial charge in [-0.1, -0.05) is 20.8 Å². The lowest BCUT2D eigenvalue weighted by molar-refractivity contribution is -0.156. The van der Waals surface area contributed by atoms with E-state index in [1.54, 1.807) is 19.1 Å². The Bertz CT molecular complexity index is 434. The highest BCUT2D eigenvalue weighted by Gasteiger charge is 2.55. The van der Waals surface area contributed by atoms with Crippen LogP contribution in [0.15, 0.2) is 22.8 Å². The van der Waals surface area contributed by atoms with Gasteiger partial charge in [-0.05, 0) is 19.1 Å². The molecule has 0 amide bonds. The van der Waals surface area contributed by atoms with E-state index in [2.05, 4.69) is 0 Å². The van der Waals surface area contributed by atoms with Crippen molar-refractivity contribution in [3.63, 3.8) is 0 Å². The Labute approximate surface area is 106 Å². The van der Waals surface area contributed by atoms with Crippen LogP contribution in [0.5, 0.6) is 0 Å². The van der Waals surface area contributed by atoms with Crippen molar-refractivity contribution in [1.82, 2.24) is 0 Å². The van der Waals surface area contributed by atoms with E-state index in [0.717, 1.165) is 0 Å². The molecule has 0 saturated carbocycles. The number of carbonyl (C=O) groups excluding carboxylic acids is 1. The molecular formula is C13H19NO4. The average Bonchev–Trinajstić information content (AvgIpc) is 2.86. The first-order valence-electron chi connectivity index (χ1n) is 5.93. The zero-order valence-electron chi connectivity index (χ0n) is 11.1. The third-order valence-electron chi connectivity index (χ3n) is 3.12. The normalized spacial score (nSPS) is 30.3. The first-order valence-corrected chi connectivity index (χ1v) is 5.93. The molecule has 1 aromatic rings. The van der Waals surface area contributed by atoms with Crippen molar-refractivity contribution in [1.29, 1.82) is 0 Å². The van der Waals surface area contributed by atoms with E-state index < -0.39 is 23.9 Å². The average molecular weight is 253 g/mol. The fraction of sp³-hybridized carbons (Fsp3) is 0.615. The van der Waals surface area contributed by atoms with Crippen LogP contribution in [0.3, 0.4) is 0 Å². The molecule has 1 fully saturated rings. The maximum atomic E-state index is 12.0. The molecule has 0 aromatic carbocycles. The number of rotatable bonds is 2. The van der Waals surface area contributed by atoms with Crippen molar-refractivity contribution in [2.75, 3.05) is 0 Å². The van der Waals surface area contributed by atoms with Crippen LogP contribution in [-0.2, 0) is 14.3 Å². The van der Waals surface area contributed by atoms with Crippen LogP contribution >= 0.6 is 0 Å². The van der Waals surface area contributed by atoms with Gasteiger partial charge in [0, 0.05) is 5.41 Å². The summed E-state index contributed by atoms with van der Waals surface area (Å²) in [6, 6.07) is 2.75. The third-order valence-corrected chi connectivity index (χ3v) is 3.12. The van der Waals surface area contributed by atoms with E-state index in [9.17, 15) is 4.79 Å². The zero-order chi connectivity index (χ0) is 13.6. The lowest BCUT2D eigenvalue weighted by Crippen LogP contribution is -2.44. The molecule has 0 unspecified atom stereocenters. The van der Waals surface area contributed by atoms with Crippen LogP contribution in [0.4, 0.5) is 0 Å². The molecule has 5 heteroatoms. The van der Waals surface area contributed by atoms with Gasteiger partial charge in [0.25, 0.3) is 0 Å². The van der Waals surface area contributed by atoms with Gasteiger partial charge in [-0.15, -0.1) is 0 Å². The highest BCUT2D eigenvalue weighted by Crippen LogP contribution is 2.40. The predicted molar refractivity (Wildman–Crippen MR) is 64.5 cm³/mol. The van der Waals surface area contributed by atoms with Gasteiger partial charge in [-0.3, -0.25) is 0 Å². The van der Waals surface area contributed by atoms with Crippen molar-refractivity contribution < 1.29 is 18.7 Å². The van der Waals surface area contributed by atoms with Crippen LogP contribution in [0.1, 0.15) is 39.5 Å². The SMILES string of the molecule is CC(C)(C)[C@@H]1OC(=O)[C@](C)([C@H](N)c2ccco2)O1. The number of hydrogen-bond acceptors (Lipinski definition) is 5. The summed E-state index contributed by atoms with van der Waals surface area (Å²) in [4.78, 5) is 12.0. The molecule has 1 aliphatic rings. The van der Waals surface area contributed by atoms with Gasteiger partial charge in [0.2, 0.25) is 6.29 Å². The van der Waals surface area contributed by atoms with Crippen LogP contribution in [0, 0.1) is 5.41 Å². The molecule has 0 radical (unpaired) electrons. The second-order valence-corrected chi connectivity index (χ2v) is 5.82. The first-order chi connectivity index (χ1) is 8.25. The molecule has 100 valence electrons. The Kier molecular flexibility index (Phi) is 2.99. The summed E-state index contributed by atoms with van der Waals surface area (Å²) in [5.74, 6) is 0.0512. The quantitative estimate of drug-likeness (QED) is 0.816. The summed E-state index contributed by atoms with van der Waals surface area (Å²) in [5.41, 5.74) is 4.55. The van der Waals surface area contributed by atoms with Gasteiger partial charge < -0.3 is 19.6 Å². The number of esters is 1. The molecule has 0 spiro atoms. The van der Waals surface area contributed by atoms with Crippen molar-refractivity contribution in [2.45, 2.75) is 45.6 Å². The van der Waals surface area contributed by atoms with Crippen molar-refractivity contribution in [3.8, 4) is 0 Å². The minimum atomic E-state index is -1.21. The maximum Gasteiger partial charge on any atom is 0.342 e. The van der Waals surface area contributed by atoms with E-state index in [1.165, 1.54) is 6.26 Å². The number of cyclic esters (lactones) is 1. The van der Waals surface area contributed by atoms with Crippen molar-refractivity contribution in [3.05, 3.63) is 24.2 Å². The second kappa shape index (κ2) is 4.10. The highest BCUT2D eigenvalue weighted by molar-refractivity contribution is 5.82. The highest BCUT2D eigenvalue weighted by atomic mass is 16.8. The molecule has 0 bridgehead atoms. The minimum Gasteiger partial charge on any atom is -0.468 e. The smallest absolute Gasteiger partial charge is 0.342 e. The van der Waals surface area contributed by atoms with Gasteiger partial charge in [0.05, 0.1) is 6.26 Å². The Morgan fingerprint density at radius 1 is 1.44 bits per heavy atom. The summed E-state index contributed by atoms with van der Waals surface area (Å²) < 4.78 is 16.3. The van der Waals surface area contributed by atoms with Gasteiger partial charge in [0.15, 0.2) is 5.60 Å². The number of nitrogens with two attached hydrogens (primary N) is 1. The maximum absolute atomic E-state index is 12.0. The second-order valence-electron chi connectivity index (χ2n) is 5.82. The molecule has 0 aliphatic carbocycles. The van der Waals surface area contributed by atoms with Crippen LogP contribution in [-0.4, -0.2) is 17.9 Å². The van der Waals surface area contributed by atoms with Crippen molar-refractivity contribution in [2.24, 2.45) is 11.1 Å². The molecule has 3 atom stereocenters. The van der Waals surface area contributed by atoms with Gasteiger partial charge in [-0.2, -0.15) is 0 Å². The molecule has 2 N–H and O–H groups in total. The molecule has 2 heterocycles. The Hall–Kier alpha value is -1.33. The molecule has 5 nitrogen and oxygen atoms in total. The summed E-state index contributed by atoms with van der Waals surface area (Å²) in [7, 11) is 0. The molecular weight excluding hydrogens is 234 g/mol. The Morgan fingerprint density at radius 3 is 2.56 bits per heavy atom. The summed E-state index contributed by atoms with van der Waals surface area (Å²) >= 11 is 0. The molecule has 18 heavy (non-hydrogen) atoms. The lowest BCUT2D eigenvalue weighted by Gasteiger charge is -2.28. The molecule has 1 saturated heterocycles. The van der Waals surface area contributed by atoms with E-state index >= 15 is 0 Å². The number of furan rings is 1. The topological polar surface area (TPSA) is 74.7 Å². The lowest BCUT2D eigenvalue weighted by atomic mass is 9.94. The van der Waals surface area contributed by atoms with Gasteiger partial charge in [0.1, 0.15) is 11.8 Å². The summed E-state index contributed by atoms with van der Waals surface area (Å²) in [6.45, 7) is 7.45. The fourth-order valence-electron chi connectivity index (χ4n) is 1.80. The van der Waals surface area contributed by atoms with E-state index in [4.69, 9.17) is 19.6 Å². The van der Waals surface area contributed by atoms with Crippen molar-refractivity contribution >= 4 is 5.97 Å².